The van der Waals surface area contributed by atoms with Crippen molar-refractivity contribution in [2.75, 3.05) is 20.1 Å². The zero-order valence-corrected chi connectivity index (χ0v) is 15.0. The van der Waals surface area contributed by atoms with E-state index >= 15 is 0 Å². The first-order valence-electron chi connectivity index (χ1n) is 6.03. The van der Waals surface area contributed by atoms with Gasteiger partial charge in [-0.3, -0.25) is 4.57 Å². The minimum absolute atomic E-state index is 0.423. The van der Waals surface area contributed by atoms with E-state index in [2.05, 4.69) is 4.72 Å². The molecule has 116 valence electrons. The van der Waals surface area contributed by atoms with Crippen molar-refractivity contribution in [1.82, 2.24) is 4.72 Å². The molecule has 0 aromatic heterocycles. The molecule has 2 atom stereocenters. The van der Waals surface area contributed by atoms with Crippen molar-refractivity contribution in [3.8, 4) is 0 Å². The van der Waals surface area contributed by atoms with Crippen LogP contribution in [0.1, 0.15) is 40.5 Å². The van der Waals surface area contributed by atoms with Gasteiger partial charge in [-0.2, -0.15) is 0 Å². The fraction of sp³-hybridized carbons (Fsp3) is 1.00. The molecule has 0 rings (SSSR count). The van der Waals surface area contributed by atoms with E-state index in [-0.39, 0.29) is 0 Å². The molecule has 0 spiro atoms. The summed E-state index contributed by atoms with van der Waals surface area (Å²) in [6.07, 6.45) is 1.06. The smallest absolute Gasteiger partial charge is 0.311 e. The average Bonchev–Trinajstić information content (AvgIpc) is 2.33. The molecule has 1 N–H and O–H groups in total. The molecule has 0 aliphatic rings. The summed E-state index contributed by atoms with van der Waals surface area (Å²) in [4.78, 5) is 0. The van der Waals surface area contributed by atoms with Gasteiger partial charge in [-0.05, 0) is 40.5 Å². The van der Waals surface area contributed by atoms with E-state index in [9.17, 15) is 8.77 Å². The number of hydrogen-bond donors (Lipinski definition) is 1. The van der Waals surface area contributed by atoms with Crippen LogP contribution in [-0.4, -0.2) is 34.3 Å². The number of halogens is 1. The van der Waals surface area contributed by atoms with E-state index in [0.29, 0.717) is 18.7 Å². The first-order chi connectivity index (χ1) is 8.56. The monoisotopic (exact) mass is 333 g/mol. The lowest BCUT2D eigenvalue weighted by Crippen LogP contribution is -2.48. The maximum absolute atomic E-state index is 12.7. The van der Waals surface area contributed by atoms with E-state index < -0.39 is 28.6 Å². The Morgan fingerprint density at radius 3 is 2.00 bits per heavy atom. The van der Waals surface area contributed by atoms with Gasteiger partial charge in [0.15, 0.2) is 0 Å². The van der Waals surface area contributed by atoms with Crippen LogP contribution in [0.25, 0.3) is 0 Å². The number of alkyl halides is 1. The van der Waals surface area contributed by atoms with Gasteiger partial charge in [0.1, 0.15) is 5.28 Å². The van der Waals surface area contributed by atoms with Crippen LogP contribution in [0.4, 0.5) is 0 Å². The molecule has 0 aromatic rings. The Hall–Kier alpha value is 0.550. The summed E-state index contributed by atoms with van der Waals surface area (Å²) < 4.78 is 37.5. The Morgan fingerprint density at radius 1 is 1.21 bits per heavy atom. The van der Waals surface area contributed by atoms with E-state index in [4.69, 9.17) is 20.6 Å². The first-order valence-corrected chi connectivity index (χ1v) is 9.26. The van der Waals surface area contributed by atoms with E-state index in [1.807, 2.05) is 20.8 Å². The molecular weight excluding hydrogens is 309 g/mol. The lowest BCUT2D eigenvalue weighted by molar-refractivity contribution is 0.239. The van der Waals surface area contributed by atoms with Crippen LogP contribution in [0, 0.1) is 0 Å². The maximum Gasteiger partial charge on any atom is 0.350 e. The molecule has 0 saturated heterocycles. The number of hydrogen-bond acceptors (Lipinski definition) is 4. The van der Waals surface area contributed by atoms with Crippen molar-refractivity contribution >= 4 is 30.2 Å². The average molecular weight is 334 g/mol. The number of rotatable bonds is 8. The summed E-state index contributed by atoms with van der Waals surface area (Å²) in [6, 6.07) is 0. The van der Waals surface area contributed by atoms with Crippen LogP contribution in [0.15, 0.2) is 0 Å². The standard InChI is InChI=1S/C11H25ClNO4PS/c1-10(2,3)19(15)13-11(4,8-7-9-12)18(14,16-5)17-6/h13H,7-9H2,1-6H3/t11-,19?/m1/s1. The van der Waals surface area contributed by atoms with Gasteiger partial charge in [0, 0.05) is 20.1 Å². The lowest BCUT2D eigenvalue weighted by Gasteiger charge is -2.36. The molecule has 5 nitrogen and oxygen atoms in total. The van der Waals surface area contributed by atoms with Crippen LogP contribution in [0.2, 0.25) is 0 Å². The summed E-state index contributed by atoms with van der Waals surface area (Å²) in [5.74, 6) is 0.423. The molecule has 0 amide bonds. The third-order valence-electron chi connectivity index (χ3n) is 2.75. The van der Waals surface area contributed by atoms with Gasteiger partial charge in [-0.15, -0.1) is 11.6 Å². The van der Waals surface area contributed by atoms with E-state index in [1.54, 1.807) is 6.92 Å². The Morgan fingerprint density at radius 2 is 1.68 bits per heavy atom. The van der Waals surface area contributed by atoms with Crippen molar-refractivity contribution in [2.24, 2.45) is 0 Å². The van der Waals surface area contributed by atoms with Crippen LogP contribution in [-0.2, 0) is 24.6 Å². The lowest BCUT2D eigenvalue weighted by atomic mass is 10.2. The third kappa shape index (κ3) is 5.10. The molecule has 0 aliphatic heterocycles. The molecule has 0 saturated carbocycles. The maximum atomic E-state index is 12.7. The molecule has 0 aliphatic carbocycles. The zero-order chi connectivity index (χ0) is 15.3. The minimum atomic E-state index is -3.42. The van der Waals surface area contributed by atoms with Gasteiger partial charge in [0.25, 0.3) is 0 Å². The van der Waals surface area contributed by atoms with Crippen molar-refractivity contribution in [3.05, 3.63) is 0 Å². The van der Waals surface area contributed by atoms with Crippen LogP contribution >= 0.6 is 19.2 Å². The van der Waals surface area contributed by atoms with Gasteiger partial charge in [0.2, 0.25) is 0 Å². The molecule has 0 fully saturated rings. The zero-order valence-electron chi connectivity index (χ0n) is 12.5. The van der Waals surface area contributed by atoms with Crippen molar-refractivity contribution in [2.45, 2.75) is 50.6 Å². The number of nitrogens with one attached hydrogen (secondary N) is 1. The topological polar surface area (TPSA) is 64.6 Å². The fourth-order valence-corrected chi connectivity index (χ4v) is 4.51. The molecular formula is C11H25ClNO4PS. The van der Waals surface area contributed by atoms with Crippen molar-refractivity contribution < 1.29 is 17.8 Å². The summed E-state index contributed by atoms with van der Waals surface area (Å²) >= 11 is 5.70. The van der Waals surface area contributed by atoms with E-state index in [0.717, 1.165) is 0 Å². The Labute approximate surface area is 123 Å². The fourth-order valence-electron chi connectivity index (χ4n) is 1.49. The van der Waals surface area contributed by atoms with Gasteiger partial charge < -0.3 is 9.05 Å². The molecule has 1 unspecified atom stereocenters. The Kier molecular flexibility index (Phi) is 7.75. The molecule has 0 aromatic carbocycles. The van der Waals surface area contributed by atoms with Crippen molar-refractivity contribution in [1.29, 1.82) is 0 Å². The van der Waals surface area contributed by atoms with Gasteiger partial charge in [-0.25, -0.2) is 8.93 Å². The predicted octanol–water partition coefficient (Wildman–Crippen LogP) is 3.26. The largest absolute Gasteiger partial charge is 0.350 e. The highest BCUT2D eigenvalue weighted by Crippen LogP contribution is 2.59. The van der Waals surface area contributed by atoms with Crippen LogP contribution < -0.4 is 4.72 Å². The van der Waals surface area contributed by atoms with Gasteiger partial charge >= 0.3 is 7.60 Å². The summed E-state index contributed by atoms with van der Waals surface area (Å²) in [7, 11) is -2.16. The summed E-state index contributed by atoms with van der Waals surface area (Å²) in [6.45, 7) is 7.20. The second-order valence-electron chi connectivity index (χ2n) is 5.41. The SMILES string of the molecule is COP(=O)(OC)[C@](C)(CCCCl)NS(=O)C(C)(C)C. The van der Waals surface area contributed by atoms with Gasteiger partial charge in [0.05, 0.1) is 15.7 Å². The Balaban J connectivity index is 5.30. The van der Waals surface area contributed by atoms with Crippen LogP contribution in [0.5, 0.6) is 0 Å². The molecule has 8 heteroatoms. The van der Waals surface area contributed by atoms with Crippen molar-refractivity contribution in [3.63, 3.8) is 0 Å². The highest BCUT2D eigenvalue weighted by Gasteiger charge is 2.47. The van der Waals surface area contributed by atoms with Gasteiger partial charge in [-0.1, -0.05) is 0 Å². The summed E-state index contributed by atoms with van der Waals surface area (Å²) in [5.41, 5.74) is 0. The molecule has 0 heterocycles. The Bertz CT molecular complexity index is 353. The highest BCUT2D eigenvalue weighted by atomic mass is 35.5. The van der Waals surface area contributed by atoms with E-state index in [1.165, 1.54) is 14.2 Å². The second-order valence-corrected chi connectivity index (χ2v) is 10.5. The molecule has 19 heavy (non-hydrogen) atoms. The first kappa shape index (κ1) is 19.6. The normalized spacial score (nSPS) is 18.1. The molecule has 0 radical (unpaired) electrons. The second kappa shape index (κ2) is 7.53. The highest BCUT2D eigenvalue weighted by molar-refractivity contribution is 7.84. The molecule has 0 bridgehead atoms. The summed E-state index contributed by atoms with van der Waals surface area (Å²) in [5, 5.41) is -1.04. The predicted molar refractivity (Wildman–Crippen MR) is 81.0 cm³/mol. The third-order valence-corrected chi connectivity index (χ3v) is 7.42. The van der Waals surface area contributed by atoms with Crippen LogP contribution in [0.3, 0.4) is 0 Å². The quantitative estimate of drug-likeness (QED) is 0.547. The minimum Gasteiger partial charge on any atom is -0.311 e.